The predicted molar refractivity (Wildman–Crippen MR) is 143 cm³/mol. The summed E-state index contributed by atoms with van der Waals surface area (Å²) in [6.45, 7) is 1.82. The zero-order valence-corrected chi connectivity index (χ0v) is 21.2. The topological polar surface area (TPSA) is 134 Å². The number of aromatic amines is 1. The van der Waals surface area contributed by atoms with E-state index < -0.39 is 17.9 Å². The average Bonchev–Trinajstić information content (AvgIpc) is 3.49. The highest BCUT2D eigenvalue weighted by atomic mass is 16.5. The zero-order chi connectivity index (χ0) is 27.0. The average molecular weight is 523 g/mol. The smallest absolute Gasteiger partial charge is 0.459 e. The Morgan fingerprint density at radius 1 is 1.00 bits per heavy atom. The third kappa shape index (κ3) is 4.74. The van der Waals surface area contributed by atoms with E-state index in [0.29, 0.717) is 23.7 Å². The number of nitrogens with one attached hydrogen (secondary N) is 2. The normalized spacial score (nSPS) is 14.6. The van der Waals surface area contributed by atoms with E-state index in [1.165, 1.54) is 0 Å². The number of hydrogen-bond donors (Lipinski definition) is 3. The van der Waals surface area contributed by atoms with Gasteiger partial charge in [-0.1, -0.05) is 84.0 Å². The van der Waals surface area contributed by atoms with Gasteiger partial charge in [0.1, 0.15) is 0 Å². The molecule has 9 heteroatoms. The fourth-order valence-corrected chi connectivity index (χ4v) is 5.24. The van der Waals surface area contributed by atoms with Crippen molar-refractivity contribution >= 4 is 6.09 Å². The molecule has 1 atom stereocenters. The second kappa shape index (κ2) is 9.75. The van der Waals surface area contributed by atoms with Gasteiger partial charge in [-0.05, 0) is 48.4 Å². The summed E-state index contributed by atoms with van der Waals surface area (Å²) in [4.78, 5) is 27.0. The van der Waals surface area contributed by atoms with E-state index in [1.54, 1.807) is 0 Å². The number of hydrogen-bond acceptors (Lipinski definition) is 6. The minimum atomic E-state index is -1.11. The van der Waals surface area contributed by atoms with E-state index in [2.05, 4.69) is 44.9 Å². The molecule has 0 radical (unpaired) electrons. The fourth-order valence-electron chi connectivity index (χ4n) is 5.24. The van der Waals surface area contributed by atoms with Crippen molar-refractivity contribution in [2.45, 2.75) is 37.6 Å². The lowest BCUT2D eigenvalue weighted by atomic mass is 9.92. The Labute approximate surface area is 223 Å². The van der Waals surface area contributed by atoms with Gasteiger partial charge in [0.15, 0.2) is 11.6 Å². The minimum Gasteiger partial charge on any atom is -0.465 e. The first kappa shape index (κ1) is 24.4. The van der Waals surface area contributed by atoms with E-state index in [4.69, 9.17) is 9.05 Å². The van der Waals surface area contributed by atoms with Gasteiger partial charge < -0.3 is 19.5 Å². The summed E-state index contributed by atoms with van der Waals surface area (Å²) in [5.41, 5.74) is 6.04. The van der Waals surface area contributed by atoms with Crippen LogP contribution in [-0.2, 0) is 11.8 Å². The van der Waals surface area contributed by atoms with Crippen LogP contribution in [0.15, 0.2) is 92.7 Å². The number of amides is 1. The summed E-state index contributed by atoms with van der Waals surface area (Å²) in [6, 6.07) is 25.4. The Morgan fingerprint density at radius 2 is 1.64 bits per heavy atom. The fraction of sp³-hybridized carbons (Fsp3) is 0.200. The monoisotopic (exact) mass is 522 g/mol. The van der Waals surface area contributed by atoms with Crippen LogP contribution >= 0.6 is 0 Å². The minimum absolute atomic E-state index is 0.282. The molecule has 39 heavy (non-hydrogen) atoms. The molecule has 1 aliphatic carbocycles. The lowest BCUT2D eigenvalue weighted by molar-refractivity contribution is 0.190. The maximum atomic E-state index is 11.6. The number of carbonyl (C=O) groups is 1. The van der Waals surface area contributed by atoms with Crippen molar-refractivity contribution in [3.63, 3.8) is 0 Å². The first-order valence-electron chi connectivity index (χ1n) is 12.7. The van der Waals surface area contributed by atoms with E-state index in [9.17, 15) is 14.7 Å². The van der Waals surface area contributed by atoms with Crippen LogP contribution in [0.2, 0.25) is 0 Å². The van der Waals surface area contributed by atoms with Crippen molar-refractivity contribution in [3.8, 4) is 22.5 Å². The van der Waals surface area contributed by atoms with Gasteiger partial charge in [0.25, 0.3) is 0 Å². The number of rotatable bonds is 8. The lowest BCUT2D eigenvalue weighted by Crippen LogP contribution is -2.29. The van der Waals surface area contributed by atoms with E-state index in [1.807, 2.05) is 61.5 Å². The summed E-state index contributed by atoms with van der Waals surface area (Å²) in [5, 5.41) is 19.0. The Hall–Kier alpha value is -4.92. The van der Waals surface area contributed by atoms with Gasteiger partial charge in [-0.15, -0.1) is 0 Å². The van der Waals surface area contributed by atoms with Crippen LogP contribution in [0.4, 0.5) is 4.79 Å². The molecule has 5 aromatic rings. The molecule has 0 spiro atoms. The molecule has 0 unspecified atom stereocenters. The Bertz CT molecular complexity index is 1660. The Kier molecular flexibility index (Phi) is 6.11. The van der Waals surface area contributed by atoms with Gasteiger partial charge in [-0.3, -0.25) is 0 Å². The first-order valence-corrected chi connectivity index (χ1v) is 12.7. The molecule has 3 N–H and O–H groups in total. The van der Waals surface area contributed by atoms with Gasteiger partial charge in [0, 0.05) is 11.1 Å². The molecule has 0 aliphatic heterocycles. The van der Waals surface area contributed by atoms with E-state index in [-0.39, 0.29) is 5.41 Å². The Morgan fingerprint density at radius 3 is 2.23 bits per heavy atom. The molecule has 2 heterocycles. The van der Waals surface area contributed by atoms with Crippen LogP contribution in [0.5, 0.6) is 0 Å². The number of carboxylic acid groups (broad SMARTS) is 1. The molecule has 3 aromatic carbocycles. The summed E-state index contributed by atoms with van der Waals surface area (Å²) >= 11 is 0. The predicted octanol–water partition coefficient (Wildman–Crippen LogP) is 5.62. The van der Waals surface area contributed by atoms with Crippen LogP contribution < -0.4 is 11.1 Å². The van der Waals surface area contributed by atoms with E-state index in [0.717, 1.165) is 46.2 Å². The molecule has 1 amide bonds. The summed E-state index contributed by atoms with van der Waals surface area (Å²) < 4.78 is 10.5. The van der Waals surface area contributed by atoms with Crippen molar-refractivity contribution in [1.82, 2.24) is 20.6 Å². The molecule has 1 saturated carbocycles. The van der Waals surface area contributed by atoms with Gasteiger partial charge in [-0.2, -0.15) is 4.98 Å². The first-order chi connectivity index (χ1) is 18.9. The second-order valence-electron chi connectivity index (χ2n) is 9.87. The van der Waals surface area contributed by atoms with Crippen molar-refractivity contribution in [3.05, 3.63) is 118 Å². The highest BCUT2D eigenvalue weighted by molar-refractivity contribution is 5.71. The molecular weight excluding hydrogens is 496 g/mol. The van der Waals surface area contributed by atoms with Crippen LogP contribution in [0, 0.1) is 6.92 Å². The largest absolute Gasteiger partial charge is 0.465 e. The van der Waals surface area contributed by atoms with Crippen LogP contribution in [0.1, 0.15) is 47.1 Å². The van der Waals surface area contributed by atoms with Crippen molar-refractivity contribution in [2.75, 3.05) is 0 Å². The van der Waals surface area contributed by atoms with Gasteiger partial charge in [-0.25, -0.2) is 14.7 Å². The maximum absolute atomic E-state index is 11.6. The van der Waals surface area contributed by atoms with Gasteiger partial charge >= 0.3 is 11.8 Å². The number of benzene rings is 3. The highest BCUT2D eigenvalue weighted by Gasteiger charge is 2.49. The molecular formula is C30H26N4O5. The quantitative estimate of drug-likeness (QED) is 0.241. The van der Waals surface area contributed by atoms with Crippen LogP contribution in [0.3, 0.4) is 0 Å². The Balaban J connectivity index is 1.26. The van der Waals surface area contributed by atoms with E-state index >= 15 is 0 Å². The van der Waals surface area contributed by atoms with Crippen LogP contribution in [-0.4, -0.2) is 26.5 Å². The molecule has 1 fully saturated rings. The molecule has 1 aliphatic rings. The zero-order valence-electron chi connectivity index (χ0n) is 21.2. The van der Waals surface area contributed by atoms with Gasteiger partial charge in [0.05, 0.1) is 17.2 Å². The number of aromatic nitrogens is 3. The molecule has 0 saturated heterocycles. The summed E-state index contributed by atoms with van der Waals surface area (Å²) in [7, 11) is 0. The number of aryl methyl sites for hydroxylation is 1. The third-order valence-electron chi connectivity index (χ3n) is 7.40. The van der Waals surface area contributed by atoms with Crippen molar-refractivity contribution in [2.24, 2.45) is 0 Å². The third-order valence-corrected chi connectivity index (χ3v) is 7.40. The van der Waals surface area contributed by atoms with Crippen molar-refractivity contribution in [1.29, 1.82) is 0 Å². The standard InChI is InChI=1S/C30H26N4O5/c1-18-25(24(31-28(35)36)17-19-5-3-2-4-6-19)26(38-33-18)22-9-7-20(8-10-22)21-11-13-23(14-12-21)30(15-16-30)27-32-29(37)39-34-27/h2-14,24,31H,15-17H2,1H3,(H,35,36)(H,32,34,37)/t24-/m1/s1. The molecule has 6 rings (SSSR count). The SMILES string of the molecule is Cc1noc(-c2ccc(-c3ccc(C4(c5nc(=O)o[nH]5)CC4)cc3)cc2)c1[C@@H](Cc1ccccc1)NC(=O)O. The molecule has 2 aromatic heterocycles. The number of H-pyrrole nitrogens is 1. The molecule has 196 valence electrons. The van der Waals surface area contributed by atoms with Crippen molar-refractivity contribution < 1.29 is 18.9 Å². The number of nitrogens with zero attached hydrogens (tertiary/aromatic N) is 2. The molecule has 0 bridgehead atoms. The van der Waals surface area contributed by atoms with Crippen LogP contribution in [0.25, 0.3) is 22.5 Å². The lowest BCUT2D eigenvalue weighted by Gasteiger charge is -2.18. The van der Waals surface area contributed by atoms with Gasteiger partial charge in [0.2, 0.25) is 0 Å². The second-order valence-corrected chi connectivity index (χ2v) is 9.87. The maximum Gasteiger partial charge on any atom is 0.459 e. The summed E-state index contributed by atoms with van der Waals surface area (Å²) in [5.74, 6) is 0.510. The molecule has 9 nitrogen and oxygen atoms in total. The summed E-state index contributed by atoms with van der Waals surface area (Å²) in [6.07, 6.45) is 1.18. The highest BCUT2D eigenvalue weighted by Crippen LogP contribution is 2.52.